The maximum Gasteiger partial charge on any atom is 0.252 e. The van der Waals surface area contributed by atoms with Crippen molar-refractivity contribution in [3.63, 3.8) is 0 Å². The molecule has 27 heavy (non-hydrogen) atoms. The number of Topliss-reactive ketones (excluding diaryl/α,β-unsaturated/α-hetero) is 1. The van der Waals surface area contributed by atoms with Crippen LogP contribution in [-0.2, 0) is 5.75 Å². The van der Waals surface area contributed by atoms with Gasteiger partial charge < -0.3 is 5.32 Å². The Bertz CT molecular complexity index is 893. The van der Waals surface area contributed by atoms with Gasteiger partial charge in [-0.2, -0.15) is 0 Å². The number of nitrogens with one attached hydrogen (secondary N) is 1. The van der Waals surface area contributed by atoms with E-state index in [1.54, 1.807) is 12.1 Å². The molecule has 0 aliphatic carbocycles. The lowest BCUT2D eigenvalue weighted by molar-refractivity contribution is 0.0892. The van der Waals surface area contributed by atoms with Gasteiger partial charge >= 0.3 is 0 Å². The van der Waals surface area contributed by atoms with E-state index in [1.165, 1.54) is 11.8 Å². The van der Waals surface area contributed by atoms with E-state index >= 15 is 0 Å². The minimum atomic E-state index is -0.652. The van der Waals surface area contributed by atoms with Crippen molar-refractivity contribution >= 4 is 23.5 Å². The molecule has 4 heteroatoms. The molecule has 3 nitrogen and oxygen atoms in total. The summed E-state index contributed by atoms with van der Waals surface area (Å²) < 4.78 is 0. The Morgan fingerprint density at radius 2 is 1.41 bits per heavy atom. The smallest absolute Gasteiger partial charge is 0.252 e. The summed E-state index contributed by atoms with van der Waals surface area (Å²) in [5, 5.41) is 2.24. The van der Waals surface area contributed by atoms with Crippen molar-refractivity contribution in [3.05, 3.63) is 107 Å². The largest absolute Gasteiger partial charge is 0.333 e. The number of carbonyl (C=O) groups excluding carboxylic acids is 2. The molecule has 0 heterocycles. The van der Waals surface area contributed by atoms with Crippen molar-refractivity contribution in [3.8, 4) is 0 Å². The zero-order valence-corrected chi connectivity index (χ0v) is 15.9. The fourth-order valence-electron chi connectivity index (χ4n) is 2.60. The van der Waals surface area contributed by atoms with Crippen molar-refractivity contribution in [2.24, 2.45) is 0 Å². The molecule has 0 saturated heterocycles. The van der Waals surface area contributed by atoms with E-state index in [4.69, 9.17) is 0 Å². The third kappa shape index (κ3) is 5.31. The Morgan fingerprint density at radius 1 is 0.815 bits per heavy atom. The van der Waals surface area contributed by atoms with Crippen LogP contribution in [-0.4, -0.2) is 17.1 Å². The van der Waals surface area contributed by atoms with E-state index in [1.807, 2.05) is 79.7 Å². The molecule has 0 spiro atoms. The number of thioether (sulfide) groups is 1. The lowest BCUT2D eigenvalue weighted by Gasteiger charge is -2.18. The lowest BCUT2D eigenvalue weighted by Crippen LogP contribution is -2.38. The van der Waals surface area contributed by atoms with Crippen LogP contribution >= 0.6 is 11.8 Å². The van der Waals surface area contributed by atoms with E-state index in [2.05, 4.69) is 5.32 Å². The highest BCUT2D eigenvalue weighted by Crippen LogP contribution is 2.21. The predicted octanol–water partition coefficient (Wildman–Crippen LogP) is 4.87. The predicted molar refractivity (Wildman–Crippen MR) is 111 cm³/mol. The van der Waals surface area contributed by atoms with Crippen LogP contribution in [0.5, 0.6) is 0 Å². The summed E-state index contributed by atoms with van der Waals surface area (Å²) in [6.07, 6.45) is 0. The van der Waals surface area contributed by atoms with Gasteiger partial charge in [-0.1, -0.05) is 78.4 Å². The molecule has 1 atom stereocenters. The molecular weight excluding hydrogens is 354 g/mol. The molecule has 0 radical (unpaired) electrons. The second-order valence-electron chi connectivity index (χ2n) is 6.25. The third-order valence-electron chi connectivity index (χ3n) is 4.13. The number of ketones is 1. The van der Waals surface area contributed by atoms with Gasteiger partial charge in [0, 0.05) is 16.9 Å². The second kappa shape index (κ2) is 9.19. The van der Waals surface area contributed by atoms with Crippen LogP contribution in [0.4, 0.5) is 0 Å². The van der Waals surface area contributed by atoms with Crippen molar-refractivity contribution in [1.29, 1.82) is 0 Å². The van der Waals surface area contributed by atoms with Crippen molar-refractivity contribution in [1.82, 2.24) is 5.32 Å². The van der Waals surface area contributed by atoms with Gasteiger partial charge in [-0.25, -0.2) is 0 Å². The molecule has 1 amide bonds. The molecule has 3 aromatic rings. The zero-order valence-electron chi connectivity index (χ0n) is 15.1. The first kappa shape index (κ1) is 18.9. The summed E-state index contributed by atoms with van der Waals surface area (Å²) in [5.41, 5.74) is 3.34. The fraction of sp³-hybridized carbons (Fsp3) is 0.130. The van der Waals surface area contributed by atoms with Crippen LogP contribution in [0, 0.1) is 6.92 Å². The monoisotopic (exact) mass is 375 g/mol. The van der Waals surface area contributed by atoms with Gasteiger partial charge in [-0.3, -0.25) is 9.59 Å². The Labute approximate surface area is 163 Å². The van der Waals surface area contributed by atoms with Gasteiger partial charge in [0.15, 0.2) is 5.78 Å². The van der Waals surface area contributed by atoms with Gasteiger partial charge in [0.25, 0.3) is 5.91 Å². The Hall–Kier alpha value is -2.85. The van der Waals surface area contributed by atoms with Crippen LogP contribution < -0.4 is 5.32 Å². The van der Waals surface area contributed by atoms with Gasteiger partial charge in [0.2, 0.25) is 0 Å². The van der Waals surface area contributed by atoms with Gasteiger partial charge in [0.1, 0.15) is 5.37 Å². The molecule has 0 unspecified atom stereocenters. The SMILES string of the molecule is Cc1ccc(C(=O)[C@@H](NC(=O)c2ccccc2)SCc2ccccc2)cc1. The number of hydrogen-bond acceptors (Lipinski definition) is 3. The van der Waals surface area contributed by atoms with Crippen LogP contribution in [0.2, 0.25) is 0 Å². The van der Waals surface area contributed by atoms with Crippen molar-refractivity contribution in [2.75, 3.05) is 0 Å². The van der Waals surface area contributed by atoms with Crippen molar-refractivity contribution in [2.45, 2.75) is 18.1 Å². The molecule has 0 aliphatic rings. The first-order chi connectivity index (χ1) is 13.1. The molecule has 3 rings (SSSR count). The third-order valence-corrected chi connectivity index (χ3v) is 5.30. The highest BCUT2D eigenvalue weighted by atomic mass is 32.2. The quantitative estimate of drug-likeness (QED) is 0.473. The molecular formula is C23H21NO2S. The Morgan fingerprint density at radius 3 is 2.04 bits per heavy atom. The molecule has 1 N–H and O–H groups in total. The molecule has 3 aromatic carbocycles. The van der Waals surface area contributed by atoms with Crippen LogP contribution in [0.25, 0.3) is 0 Å². The summed E-state index contributed by atoms with van der Waals surface area (Å²) in [6.45, 7) is 1.98. The van der Waals surface area contributed by atoms with E-state index in [0.717, 1.165) is 11.1 Å². The molecule has 136 valence electrons. The summed E-state index contributed by atoms with van der Waals surface area (Å²) in [4.78, 5) is 25.6. The standard InChI is InChI=1S/C23H21NO2S/c1-17-12-14-19(15-13-17)21(25)23(27-16-18-8-4-2-5-9-18)24-22(26)20-10-6-3-7-11-20/h2-15,23H,16H2,1H3,(H,24,26)/t23-/m0/s1. The highest BCUT2D eigenvalue weighted by molar-refractivity contribution is 7.99. The number of hydrogen-bond donors (Lipinski definition) is 1. The fourth-order valence-corrected chi connectivity index (χ4v) is 3.63. The van der Waals surface area contributed by atoms with Crippen LogP contribution in [0.3, 0.4) is 0 Å². The number of aryl methyl sites for hydroxylation is 1. The number of benzene rings is 3. The highest BCUT2D eigenvalue weighted by Gasteiger charge is 2.23. The summed E-state index contributed by atoms with van der Waals surface area (Å²) >= 11 is 1.42. The Kier molecular flexibility index (Phi) is 6.44. The average Bonchev–Trinajstić information content (AvgIpc) is 2.72. The van der Waals surface area contributed by atoms with Crippen LogP contribution in [0.15, 0.2) is 84.9 Å². The van der Waals surface area contributed by atoms with E-state index in [-0.39, 0.29) is 11.7 Å². The van der Waals surface area contributed by atoms with E-state index in [9.17, 15) is 9.59 Å². The second-order valence-corrected chi connectivity index (χ2v) is 7.34. The first-order valence-corrected chi connectivity index (χ1v) is 9.81. The van der Waals surface area contributed by atoms with Gasteiger partial charge in [-0.15, -0.1) is 11.8 Å². The first-order valence-electron chi connectivity index (χ1n) is 8.76. The molecule has 0 saturated carbocycles. The number of amides is 1. The molecule has 0 fully saturated rings. The normalized spacial score (nSPS) is 11.6. The van der Waals surface area contributed by atoms with Crippen molar-refractivity contribution < 1.29 is 9.59 Å². The average molecular weight is 375 g/mol. The maximum absolute atomic E-state index is 13.0. The number of carbonyl (C=O) groups is 2. The summed E-state index contributed by atoms with van der Waals surface area (Å²) in [7, 11) is 0. The van der Waals surface area contributed by atoms with E-state index < -0.39 is 5.37 Å². The van der Waals surface area contributed by atoms with Gasteiger partial charge in [-0.05, 0) is 24.6 Å². The van der Waals surface area contributed by atoms with Gasteiger partial charge in [0.05, 0.1) is 0 Å². The van der Waals surface area contributed by atoms with E-state index in [0.29, 0.717) is 16.9 Å². The summed E-state index contributed by atoms with van der Waals surface area (Å²) in [5.74, 6) is 0.292. The zero-order chi connectivity index (χ0) is 19.1. The molecule has 0 aromatic heterocycles. The lowest BCUT2D eigenvalue weighted by atomic mass is 10.1. The topological polar surface area (TPSA) is 46.2 Å². The molecule has 0 bridgehead atoms. The maximum atomic E-state index is 13.0. The van der Waals surface area contributed by atoms with Crippen LogP contribution in [0.1, 0.15) is 31.8 Å². The Balaban J connectivity index is 1.78. The minimum absolute atomic E-state index is 0.0970. The number of rotatable bonds is 7. The molecule has 0 aliphatic heterocycles. The summed E-state index contributed by atoms with van der Waals surface area (Å²) in [6, 6.07) is 26.3. The minimum Gasteiger partial charge on any atom is -0.333 e.